The highest BCUT2D eigenvalue weighted by atomic mass is 35.5. The molecule has 0 spiro atoms. The highest BCUT2D eigenvalue weighted by Gasteiger charge is 2.61. The van der Waals surface area contributed by atoms with Gasteiger partial charge in [-0.05, 0) is 42.2 Å². The zero-order valence-electron chi connectivity index (χ0n) is 21.2. The van der Waals surface area contributed by atoms with Gasteiger partial charge in [0.25, 0.3) is 0 Å². The van der Waals surface area contributed by atoms with Gasteiger partial charge in [0.05, 0.1) is 13.2 Å². The summed E-state index contributed by atoms with van der Waals surface area (Å²) in [6, 6.07) is 9.42. The highest BCUT2D eigenvalue weighted by molar-refractivity contribution is 6.31. The van der Waals surface area contributed by atoms with Gasteiger partial charge in [0.2, 0.25) is 0 Å². The monoisotopic (exact) mass is 592 g/mol. The van der Waals surface area contributed by atoms with Gasteiger partial charge in [0, 0.05) is 33.1 Å². The zero-order valence-corrected chi connectivity index (χ0v) is 22.7. The van der Waals surface area contributed by atoms with Crippen LogP contribution in [0, 0.1) is 22.6 Å². The van der Waals surface area contributed by atoms with Crippen molar-refractivity contribution in [2.75, 3.05) is 7.11 Å². The van der Waals surface area contributed by atoms with Crippen LogP contribution in [0.1, 0.15) is 44.2 Å². The van der Waals surface area contributed by atoms with Gasteiger partial charge in [-0.2, -0.15) is 18.4 Å². The number of rotatable bonds is 5. The molecule has 7 nitrogen and oxygen atoms in total. The fourth-order valence-electron chi connectivity index (χ4n) is 4.73. The van der Waals surface area contributed by atoms with Crippen molar-refractivity contribution >= 4 is 35.1 Å². The number of nitrogens with one attached hydrogen (secondary N) is 1. The second-order valence-electron chi connectivity index (χ2n) is 10.1. The minimum Gasteiger partial charge on any atom is -0.496 e. The fraction of sp³-hybridized carbons (Fsp3) is 0.423. The molecule has 2 aromatic rings. The van der Waals surface area contributed by atoms with Crippen LogP contribution in [0.2, 0.25) is 10.0 Å². The summed E-state index contributed by atoms with van der Waals surface area (Å²) in [5.41, 5.74) is -1.34. The van der Waals surface area contributed by atoms with Gasteiger partial charge in [0.15, 0.2) is 0 Å². The van der Waals surface area contributed by atoms with Crippen molar-refractivity contribution in [3.8, 4) is 11.8 Å². The number of ether oxygens (including phenoxy) is 1. The van der Waals surface area contributed by atoms with Crippen molar-refractivity contribution in [2.45, 2.75) is 56.8 Å². The standard InChI is InChI=1S/C24H25Cl2FN2O3.C2HF3O2/c1-23(2,3)11-19-24(12-28,16-7-5-14(26)10-17(16)27)20(21(29-19)22(30)31)15-9-13(25)6-8-18(15)32-4;3-2(4,5)1(6)7/h5-10,19-21,29H,11H2,1-4H3,(H,30,31);(H,6,7). The lowest BCUT2D eigenvalue weighted by atomic mass is 9.62. The van der Waals surface area contributed by atoms with E-state index < -0.39 is 47.3 Å². The molecule has 3 rings (SSSR count). The zero-order chi connectivity index (χ0) is 29.9. The number of carbonyl (C=O) groups is 2. The van der Waals surface area contributed by atoms with Crippen LogP contribution in [0.4, 0.5) is 17.6 Å². The van der Waals surface area contributed by atoms with Crippen molar-refractivity contribution in [2.24, 2.45) is 5.41 Å². The van der Waals surface area contributed by atoms with Gasteiger partial charge in [0.1, 0.15) is 23.0 Å². The third-order valence-corrected chi connectivity index (χ3v) is 6.64. The molecule has 1 aliphatic rings. The van der Waals surface area contributed by atoms with E-state index in [2.05, 4.69) is 11.4 Å². The molecule has 39 heavy (non-hydrogen) atoms. The molecule has 1 aliphatic heterocycles. The molecule has 0 aliphatic carbocycles. The first-order valence-corrected chi connectivity index (χ1v) is 12.1. The number of aliphatic carboxylic acids is 2. The molecule has 1 fully saturated rings. The fourth-order valence-corrected chi connectivity index (χ4v) is 5.07. The Morgan fingerprint density at radius 2 is 1.64 bits per heavy atom. The molecule has 0 aromatic heterocycles. The summed E-state index contributed by atoms with van der Waals surface area (Å²) in [6.45, 7) is 5.95. The van der Waals surface area contributed by atoms with E-state index in [1.807, 2.05) is 20.8 Å². The lowest BCUT2D eigenvalue weighted by Gasteiger charge is -2.37. The number of nitrogens with zero attached hydrogens (tertiary/aromatic N) is 1. The number of carboxylic acids is 2. The number of nitriles is 1. The molecule has 0 radical (unpaired) electrons. The van der Waals surface area contributed by atoms with Gasteiger partial charge in [-0.1, -0.05) is 50.0 Å². The third kappa shape index (κ3) is 7.12. The number of hydrogen-bond acceptors (Lipinski definition) is 5. The summed E-state index contributed by atoms with van der Waals surface area (Å²) >= 11 is 12.2. The predicted molar refractivity (Wildman–Crippen MR) is 136 cm³/mol. The largest absolute Gasteiger partial charge is 0.496 e. The Hall–Kier alpha value is -3.07. The lowest BCUT2D eigenvalue weighted by molar-refractivity contribution is -0.192. The van der Waals surface area contributed by atoms with Crippen LogP contribution in [-0.2, 0) is 15.0 Å². The van der Waals surface area contributed by atoms with Crippen molar-refractivity contribution in [3.63, 3.8) is 0 Å². The summed E-state index contributed by atoms with van der Waals surface area (Å²) in [7, 11) is 1.45. The molecule has 1 saturated heterocycles. The van der Waals surface area contributed by atoms with Crippen LogP contribution < -0.4 is 10.1 Å². The SMILES string of the molecule is COc1ccc(Cl)cc1C1C(C(=O)O)NC(CC(C)(C)C)C1(C#N)c1ccc(Cl)cc1F.O=C(O)C(F)(F)F. The first-order chi connectivity index (χ1) is 17.9. The number of methoxy groups -OCH3 is 1. The predicted octanol–water partition coefficient (Wildman–Crippen LogP) is 6.18. The van der Waals surface area contributed by atoms with Crippen LogP contribution in [-0.4, -0.2) is 47.5 Å². The quantitative estimate of drug-likeness (QED) is 0.354. The minimum atomic E-state index is -5.08. The van der Waals surface area contributed by atoms with Crippen LogP contribution >= 0.6 is 23.2 Å². The lowest BCUT2D eigenvalue weighted by Crippen LogP contribution is -2.44. The molecular formula is C26H26Cl2F4N2O5. The number of carboxylic acid groups (broad SMARTS) is 2. The topological polar surface area (TPSA) is 120 Å². The normalized spacial score (nSPS) is 22.8. The second-order valence-corrected chi connectivity index (χ2v) is 10.9. The first-order valence-electron chi connectivity index (χ1n) is 11.4. The van der Waals surface area contributed by atoms with E-state index >= 15 is 4.39 Å². The summed E-state index contributed by atoms with van der Waals surface area (Å²) in [6.07, 6.45) is -4.66. The van der Waals surface area contributed by atoms with Crippen molar-refractivity contribution in [3.05, 3.63) is 63.4 Å². The van der Waals surface area contributed by atoms with E-state index in [-0.39, 0.29) is 16.0 Å². The van der Waals surface area contributed by atoms with Gasteiger partial charge < -0.3 is 14.9 Å². The number of halogens is 6. The molecular weight excluding hydrogens is 567 g/mol. The maximum absolute atomic E-state index is 15.4. The molecule has 212 valence electrons. The number of benzene rings is 2. The van der Waals surface area contributed by atoms with Crippen molar-refractivity contribution < 1.29 is 42.1 Å². The second kappa shape index (κ2) is 12.0. The maximum Gasteiger partial charge on any atom is 0.490 e. The molecule has 4 atom stereocenters. The van der Waals surface area contributed by atoms with Crippen molar-refractivity contribution in [1.82, 2.24) is 5.32 Å². The number of alkyl halides is 3. The molecule has 1 heterocycles. The van der Waals surface area contributed by atoms with E-state index in [1.54, 1.807) is 18.2 Å². The van der Waals surface area contributed by atoms with E-state index in [4.69, 9.17) is 37.8 Å². The van der Waals surface area contributed by atoms with Crippen molar-refractivity contribution in [1.29, 1.82) is 5.26 Å². The van der Waals surface area contributed by atoms with E-state index in [0.29, 0.717) is 22.8 Å². The number of hydrogen-bond donors (Lipinski definition) is 3. The Labute approximate surface area is 232 Å². The van der Waals surface area contributed by atoms with Gasteiger partial charge >= 0.3 is 18.1 Å². The third-order valence-electron chi connectivity index (χ3n) is 6.17. The molecule has 13 heteroatoms. The molecule has 0 bridgehead atoms. The Kier molecular flexibility index (Phi) is 9.88. The summed E-state index contributed by atoms with van der Waals surface area (Å²) in [5.74, 6) is -5.19. The van der Waals surface area contributed by atoms with Gasteiger partial charge in [-0.15, -0.1) is 0 Å². The van der Waals surface area contributed by atoms with E-state index in [9.17, 15) is 28.3 Å². The molecule has 3 N–H and O–H groups in total. The Morgan fingerprint density at radius 3 is 2.08 bits per heavy atom. The van der Waals surface area contributed by atoms with Crippen LogP contribution in [0.25, 0.3) is 0 Å². The maximum atomic E-state index is 15.4. The highest BCUT2D eigenvalue weighted by Crippen LogP contribution is 2.53. The molecule has 0 saturated carbocycles. The smallest absolute Gasteiger partial charge is 0.490 e. The van der Waals surface area contributed by atoms with Crippen LogP contribution in [0.3, 0.4) is 0 Å². The summed E-state index contributed by atoms with van der Waals surface area (Å²) in [5, 5.41) is 31.6. The molecule has 4 unspecified atom stereocenters. The first kappa shape index (κ1) is 32.1. The van der Waals surface area contributed by atoms with E-state index in [1.165, 1.54) is 19.2 Å². The van der Waals surface area contributed by atoms with Crippen LogP contribution in [0.5, 0.6) is 5.75 Å². The summed E-state index contributed by atoms with van der Waals surface area (Å²) < 4.78 is 52.6. The molecule has 0 amide bonds. The minimum absolute atomic E-state index is 0.0851. The Morgan fingerprint density at radius 1 is 1.10 bits per heavy atom. The van der Waals surface area contributed by atoms with Crippen LogP contribution in [0.15, 0.2) is 36.4 Å². The average Bonchev–Trinajstić information content (AvgIpc) is 3.12. The van der Waals surface area contributed by atoms with Gasteiger partial charge in [-0.25, -0.2) is 9.18 Å². The Bertz CT molecular complexity index is 1280. The summed E-state index contributed by atoms with van der Waals surface area (Å²) in [4.78, 5) is 21.3. The molecule has 2 aromatic carbocycles. The average molecular weight is 593 g/mol. The van der Waals surface area contributed by atoms with E-state index in [0.717, 1.165) is 6.07 Å². The van der Waals surface area contributed by atoms with Gasteiger partial charge in [-0.3, -0.25) is 10.1 Å². The Balaban J connectivity index is 0.000000673.